The highest BCUT2D eigenvalue weighted by Gasteiger charge is 2.35. The molecule has 3 rings (SSSR count). The summed E-state index contributed by atoms with van der Waals surface area (Å²) in [6, 6.07) is 15.1. The second-order valence-electron chi connectivity index (χ2n) is 5.85. The van der Waals surface area contributed by atoms with Crippen LogP contribution in [0, 0.1) is 17.2 Å². The summed E-state index contributed by atoms with van der Waals surface area (Å²) in [7, 11) is -2.05. The van der Waals surface area contributed by atoms with Crippen LogP contribution in [0.2, 0.25) is 0 Å². The van der Waals surface area contributed by atoms with Crippen LogP contribution in [-0.2, 0) is 10.0 Å². The first-order valence-electron chi connectivity index (χ1n) is 7.70. The van der Waals surface area contributed by atoms with Gasteiger partial charge in [-0.2, -0.15) is 5.26 Å². The second-order valence-corrected chi connectivity index (χ2v) is 7.56. The molecule has 5 nitrogen and oxygen atoms in total. The smallest absolute Gasteiger partial charge is 0.241 e. The molecule has 1 aliphatic carbocycles. The van der Waals surface area contributed by atoms with Crippen molar-refractivity contribution in [1.29, 1.82) is 5.26 Å². The van der Waals surface area contributed by atoms with Gasteiger partial charge in [0.15, 0.2) is 0 Å². The molecule has 1 unspecified atom stereocenters. The van der Waals surface area contributed by atoms with Crippen molar-refractivity contribution in [1.82, 2.24) is 4.72 Å². The summed E-state index contributed by atoms with van der Waals surface area (Å²) in [6.45, 7) is 0. The number of hydrogen-bond donors (Lipinski definition) is 1. The van der Waals surface area contributed by atoms with E-state index < -0.39 is 10.0 Å². The largest absolute Gasteiger partial charge is 0.497 e. The lowest BCUT2D eigenvalue weighted by Gasteiger charge is -2.19. The fourth-order valence-corrected chi connectivity index (χ4v) is 3.91. The molecule has 24 heavy (non-hydrogen) atoms. The molecule has 1 aliphatic rings. The predicted octanol–water partition coefficient (Wildman–Crippen LogP) is 3.00. The lowest BCUT2D eigenvalue weighted by Crippen LogP contribution is -2.30. The Morgan fingerprint density at radius 1 is 1.12 bits per heavy atom. The molecule has 0 aromatic heterocycles. The molecular formula is C18H18N2O3S. The van der Waals surface area contributed by atoms with E-state index in [1.54, 1.807) is 7.11 Å². The van der Waals surface area contributed by atoms with Crippen LogP contribution in [0.15, 0.2) is 53.4 Å². The molecule has 0 aliphatic heterocycles. The average molecular weight is 342 g/mol. The van der Waals surface area contributed by atoms with Crippen LogP contribution in [0.5, 0.6) is 5.75 Å². The number of rotatable bonds is 6. The van der Waals surface area contributed by atoms with Crippen LogP contribution >= 0.6 is 0 Å². The first-order chi connectivity index (χ1) is 11.5. The Morgan fingerprint density at radius 3 is 2.25 bits per heavy atom. The molecule has 0 saturated heterocycles. The highest BCUT2D eigenvalue weighted by Crippen LogP contribution is 2.42. The summed E-state index contributed by atoms with van der Waals surface area (Å²) in [6.07, 6.45) is 2.01. The van der Waals surface area contributed by atoms with E-state index in [0.29, 0.717) is 11.5 Å². The lowest BCUT2D eigenvalue weighted by atomic mass is 10.0. The normalized spacial score (nSPS) is 15.5. The summed E-state index contributed by atoms with van der Waals surface area (Å²) in [4.78, 5) is 0.167. The lowest BCUT2D eigenvalue weighted by molar-refractivity contribution is 0.414. The number of nitrogens with one attached hydrogen (secondary N) is 1. The van der Waals surface area contributed by atoms with Crippen LogP contribution in [0.25, 0.3) is 0 Å². The first kappa shape index (κ1) is 16.5. The molecule has 0 radical (unpaired) electrons. The molecule has 0 bridgehead atoms. The highest BCUT2D eigenvalue weighted by atomic mass is 32.2. The number of sulfonamides is 1. The highest BCUT2D eigenvalue weighted by molar-refractivity contribution is 7.89. The summed E-state index contributed by atoms with van der Waals surface area (Å²) in [5.41, 5.74) is 1.36. The minimum atomic E-state index is -3.64. The Bertz CT molecular complexity index is 849. The fourth-order valence-electron chi connectivity index (χ4n) is 2.62. The van der Waals surface area contributed by atoms with Gasteiger partial charge in [0.25, 0.3) is 0 Å². The maximum atomic E-state index is 12.7. The van der Waals surface area contributed by atoms with E-state index in [9.17, 15) is 8.42 Å². The van der Waals surface area contributed by atoms with E-state index in [2.05, 4.69) is 4.72 Å². The summed E-state index contributed by atoms with van der Waals surface area (Å²) < 4.78 is 33.3. The summed E-state index contributed by atoms with van der Waals surface area (Å²) in [5.74, 6) is 1.05. The predicted molar refractivity (Wildman–Crippen MR) is 89.9 cm³/mol. The van der Waals surface area contributed by atoms with Gasteiger partial charge in [-0.15, -0.1) is 0 Å². The van der Waals surface area contributed by atoms with Gasteiger partial charge in [0.2, 0.25) is 10.0 Å². The van der Waals surface area contributed by atoms with E-state index in [0.717, 1.165) is 24.2 Å². The molecule has 0 spiro atoms. The maximum absolute atomic E-state index is 12.7. The first-order valence-corrected chi connectivity index (χ1v) is 9.18. The van der Waals surface area contributed by atoms with Gasteiger partial charge in [-0.3, -0.25) is 0 Å². The average Bonchev–Trinajstić information content (AvgIpc) is 3.45. The number of nitrogens with zero attached hydrogens (tertiary/aromatic N) is 1. The van der Waals surface area contributed by atoms with E-state index in [4.69, 9.17) is 10.00 Å². The van der Waals surface area contributed by atoms with Crippen molar-refractivity contribution >= 4 is 10.0 Å². The van der Waals surface area contributed by atoms with Crippen molar-refractivity contribution in [3.63, 3.8) is 0 Å². The van der Waals surface area contributed by atoms with Gasteiger partial charge in [-0.1, -0.05) is 12.1 Å². The number of benzene rings is 2. The van der Waals surface area contributed by atoms with Crippen molar-refractivity contribution in [2.24, 2.45) is 5.92 Å². The van der Waals surface area contributed by atoms with Gasteiger partial charge < -0.3 is 4.74 Å². The monoisotopic (exact) mass is 342 g/mol. The SMILES string of the molecule is COc1ccc(C(NS(=O)(=O)c2ccc(C#N)cc2)C2CC2)cc1. The Morgan fingerprint density at radius 2 is 1.75 bits per heavy atom. The topological polar surface area (TPSA) is 79.2 Å². The van der Waals surface area contributed by atoms with Crippen LogP contribution in [0.3, 0.4) is 0 Å². The van der Waals surface area contributed by atoms with Crippen LogP contribution in [-0.4, -0.2) is 15.5 Å². The maximum Gasteiger partial charge on any atom is 0.241 e. The molecule has 1 fully saturated rings. The minimum Gasteiger partial charge on any atom is -0.497 e. The van der Waals surface area contributed by atoms with Crippen molar-refractivity contribution < 1.29 is 13.2 Å². The molecule has 124 valence electrons. The van der Waals surface area contributed by atoms with Crippen molar-refractivity contribution in [3.8, 4) is 11.8 Å². The molecule has 0 heterocycles. The third-order valence-electron chi connectivity index (χ3n) is 4.14. The molecule has 2 aromatic rings. The molecule has 6 heteroatoms. The van der Waals surface area contributed by atoms with Crippen LogP contribution in [0.4, 0.5) is 0 Å². The number of methoxy groups -OCH3 is 1. The molecule has 1 saturated carbocycles. The Kier molecular flexibility index (Phi) is 4.56. The second kappa shape index (κ2) is 6.63. The van der Waals surface area contributed by atoms with Gasteiger partial charge in [-0.25, -0.2) is 13.1 Å². The Balaban J connectivity index is 1.85. The molecule has 0 amide bonds. The molecule has 1 N–H and O–H groups in total. The zero-order valence-corrected chi connectivity index (χ0v) is 14.1. The molecule has 1 atom stereocenters. The number of ether oxygens (including phenoxy) is 1. The third-order valence-corrected chi connectivity index (χ3v) is 5.60. The fraction of sp³-hybridized carbons (Fsp3) is 0.278. The minimum absolute atomic E-state index is 0.167. The molecule has 2 aromatic carbocycles. The summed E-state index contributed by atoms with van der Waals surface area (Å²) >= 11 is 0. The van der Waals surface area contributed by atoms with E-state index in [1.807, 2.05) is 30.3 Å². The summed E-state index contributed by atoms with van der Waals surface area (Å²) in [5, 5.41) is 8.82. The van der Waals surface area contributed by atoms with E-state index >= 15 is 0 Å². The van der Waals surface area contributed by atoms with Gasteiger partial charge in [0, 0.05) is 6.04 Å². The molecular weight excluding hydrogens is 324 g/mol. The van der Waals surface area contributed by atoms with Gasteiger partial charge in [0.05, 0.1) is 23.6 Å². The van der Waals surface area contributed by atoms with Crippen molar-refractivity contribution in [2.45, 2.75) is 23.8 Å². The zero-order valence-electron chi connectivity index (χ0n) is 13.3. The van der Waals surface area contributed by atoms with Gasteiger partial charge in [-0.05, 0) is 60.7 Å². The van der Waals surface area contributed by atoms with Crippen molar-refractivity contribution in [2.75, 3.05) is 7.11 Å². The quantitative estimate of drug-likeness (QED) is 0.875. The standard InChI is InChI=1S/C18H18N2O3S/c1-23-16-8-6-15(7-9-16)18(14-4-5-14)20-24(21,22)17-10-2-13(12-19)3-11-17/h2-3,6-11,14,18,20H,4-5H2,1H3. The van der Waals surface area contributed by atoms with Gasteiger partial charge in [0.1, 0.15) is 5.75 Å². The number of hydrogen-bond acceptors (Lipinski definition) is 4. The van der Waals surface area contributed by atoms with Gasteiger partial charge >= 0.3 is 0 Å². The third kappa shape index (κ3) is 3.58. The van der Waals surface area contributed by atoms with E-state index in [-0.39, 0.29) is 10.9 Å². The Hall–Kier alpha value is -2.36. The Labute approximate surface area is 141 Å². The van der Waals surface area contributed by atoms with Crippen LogP contribution < -0.4 is 9.46 Å². The van der Waals surface area contributed by atoms with Crippen molar-refractivity contribution in [3.05, 3.63) is 59.7 Å². The number of nitriles is 1. The van der Waals surface area contributed by atoms with E-state index in [1.165, 1.54) is 24.3 Å². The zero-order chi connectivity index (χ0) is 17.2. The van der Waals surface area contributed by atoms with Crippen LogP contribution in [0.1, 0.15) is 30.0 Å².